The summed E-state index contributed by atoms with van der Waals surface area (Å²) in [5.41, 5.74) is 2.99. The molecule has 1 heterocycles. The molecule has 1 aliphatic heterocycles. The van der Waals surface area contributed by atoms with Crippen LogP contribution in [-0.4, -0.2) is 25.0 Å². The number of para-hydroxylation sites is 1. The highest BCUT2D eigenvalue weighted by Crippen LogP contribution is 2.34. The zero-order valence-electron chi connectivity index (χ0n) is 18.4. The van der Waals surface area contributed by atoms with Gasteiger partial charge in [-0.2, -0.15) is 0 Å². The van der Waals surface area contributed by atoms with Gasteiger partial charge in [-0.3, -0.25) is 14.9 Å². The second kappa shape index (κ2) is 9.71. The molecular weight excluding hydrogens is 475 g/mol. The Labute approximate surface area is 206 Å². The molecule has 0 saturated carbocycles. The number of carbonyl (C=O) groups is 3. The summed E-state index contributed by atoms with van der Waals surface area (Å²) in [7, 11) is 1.51. The minimum absolute atomic E-state index is 0.195. The minimum atomic E-state index is -0.799. The number of imide groups is 2. The molecule has 172 valence electrons. The molecule has 6 nitrogen and oxygen atoms in total. The Morgan fingerprint density at radius 3 is 2.38 bits per heavy atom. The first-order valence-electron chi connectivity index (χ1n) is 10.4. The monoisotopic (exact) mass is 494 g/mol. The van der Waals surface area contributed by atoms with E-state index in [0.717, 1.165) is 16.0 Å². The standard InChI is InChI=1S/C26H20Cl2N2O4/c1-15-7-3-6-10-22(15)30-25(32)19(24(31)29-26(30)33)11-16-12-21(28)18(23(13-16)34-2)14-17-8-4-5-9-20(17)27/h3-13H,14H2,1-2H3,(H,29,31,33)/b19-11+. The second-order valence-electron chi connectivity index (χ2n) is 7.70. The molecule has 3 aromatic rings. The lowest BCUT2D eigenvalue weighted by molar-refractivity contribution is -0.122. The average Bonchev–Trinajstić information content (AvgIpc) is 2.80. The van der Waals surface area contributed by atoms with E-state index >= 15 is 0 Å². The molecule has 1 fully saturated rings. The van der Waals surface area contributed by atoms with Crippen LogP contribution < -0.4 is 15.0 Å². The predicted octanol–water partition coefficient (Wildman–Crippen LogP) is 5.57. The fourth-order valence-electron chi connectivity index (χ4n) is 3.76. The summed E-state index contributed by atoms with van der Waals surface area (Å²) in [5, 5.41) is 3.23. The SMILES string of the molecule is COc1cc(/C=C2\C(=O)NC(=O)N(c3ccccc3C)C2=O)cc(Cl)c1Cc1ccccc1Cl. The number of anilines is 1. The third-order valence-corrected chi connectivity index (χ3v) is 6.20. The molecule has 8 heteroatoms. The maximum Gasteiger partial charge on any atom is 0.335 e. The molecule has 0 bridgehead atoms. The van der Waals surface area contributed by atoms with Gasteiger partial charge >= 0.3 is 6.03 Å². The van der Waals surface area contributed by atoms with E-state index in [-0.39, 0.29) is 5.57 Å². The highest BCUT2D eigenvalue weighted by Gasteiger charge is 2.37. The van der Waals surface area contributed by atoms with E-state index in [2.05, 4.69) is 5.32 Å². The van der Waals surface area contributed by atoms with Crippen LogP contribution in [0.1, 0.15) is 22.3 Å². The summed E-state index contributed by atoms with van der Waals surface area (Å²) in [6.45, 7) is 1.78. The molecule has 1 N–H and O–H groups in total. The number of urea groups is 1. The van der Waals surface area contributed by atoms with E-state index in [4.69, 9.17) is 27.9 Å². The molecule has 4 amide bonds. The number of hydrogen-bond acceptors (Lipinski definition) is 4. The molecule has 3 aromatic carbocycles. The minimum Gasteiger partial charge on any atom is -0.496 e. The van der Waals surface area contributed by atoms with Crippen LogP contribution in [0.3, 0.4) is 0 Å². The summed E-state index contributed by atoms with van der Waals surface area (Å²) in [6.07, 6.45) is 1.83. The number of benzene rings is 3. The normalized spacial score (nSPS) is 15.0. The summed E-state index contributed by atoms with van der Waals surface area (Å²) in [4.78, 5) is 39.1. The Hall–Kier alpha value is -3.61. The number of ether oxygens (including phenoxy) is 1. The molecule has 34 heavy (non-hydrogen) atoms. The number of halogens is 2. The predicted molar refractivity (Wildman–Crippen MR) is 132 cm³/mol. The van der Waals surface area contributed by atoms with Gasteiger partial charge in [-0.15, -0.1) is 0 Å². The average molecular weight is 495 g/mol. The molecule has 0 aliphatic carbocycles. The topological polar surface area (TPSA) is 75.7 Å². The molecule has 0 aromatic heterocycles. The Morgan fingerprint density at radius 1 is 0.971 bits per heavy atom. The highest BCUT2D eigenvalue weighted by molar-refractivity contribution is 6.39. The van der Waals surface area contributed by atoms with Gasteiger partial charge in [-0.1, -0.05) is 59.6 Å². The van der Waals surface area contributed by atoms with Crippen molar-refractivity contribution in [2.24, 2.45) is 0 Å². The molecule has 0 atom stereocenters. The second-order valence-corrected chi connectivity index (χ2v) is 8.51. The fourth-order valence-corrected chi connectivity index (χ4v) is 4.25. The third kappa shape index (κ3) is 4.55. The first-order valence-corrected chi connectivity index (χ1v) is 11.1. The summed E-state index contributed by atoms with van der Waals surface area (Å²) < 4.78 is 5.54. The van der Waals surface area contributed by atoms with Gasteiger partial charge in [0.25, 0.3) is 11.8 Å². The van der Waals surface area contributed by atoms with Gasteiger partial charge in [0, 0.05) is 22.0 Å². The summed E-state index contributed by atoms with van der Waals surface area (Å²) in [5.74, 6) is -1.02. The first-order chi connectivity index (χ1) is 16.3. The number of aryl methyl sites for hydroxylation is 1. The van der Waals surface area contributed by atoms with Crippen LogP contribution in [0.4, 0.5) is 10.5 Å². The van der Waals surface area contributed by atoms with Crippen molar-refractivity contribution in [3.05, 3.63) is 98.5 Å². The molecule has 1 aliphatic rings. The molecule has 4 rings (SSSR count). The number of nitrogens with one attached hydrogen (secondary N) is 1. The zero-order valence-corrected chi connectivity index (χ0v) is 19.9. The van der Waals surface area contributed by atoms with Crippen LogP contribution >= 0.6 is 23.2 Å². The number of carbonyl (C=O) groups excluding carboxylic acids is 3. The van der Waals surface area contributed by atoms with Crippen LogP contribution in [0.15, 0.2) is 66.2 Å². The van der Waals surface area contributed by atoms with E-state index in [9.17, 15) is 14.4 Å². The maximum absolute atomic E-state index is 13.2. The van der Waals surface area contributed by atoms with Crippen molar-refractivity contribution in [1.82, 2.24) is 5.32 Å². The smallest absolute Gasteiger partial charge is 0.335 e. The Bertz CT molecular complexity index is 1350. The van der Waals surface area contributed by atoms with Gasteiger partial charge < -0.3 is 4.74 Å². The number of barbiturate groups is 1. The maximum atomic E-state index is 13.2. The molecule has 0 radical (unpaired) electrons. The number of amides is 4. The highest BCUT2D eigenvalue weighted by atomic mass is 35.5. The molecule has 0 spiro atoms. The molecular formula is C26H20Cl2N2O4. The van der Waals surface area contributed by atoms with E-state index in [1.807, 2.05) is 18.2 Å². The summed E-state index contributed by atoms with van der Waals surface area (Å²) in [6, 6.07) is 16.9. The van der Waals surface area contributed by atoms with Crippen molar-refractivity contribution in [2.45, 2.75) is 13.3 Å². The molecule has 1 saturated heterocycles. The quantitative estimate of drug-likeness (QED) is 0.371. The van der Waals surface area contributed by atoms with Crippen LogP contribution in [0.2, 0.25) is 10.0 Å². The fraction of sp³-hybridized carbons (Fsp3) is 0.115. The van der Waals surface area contributed by atoms with E-state index in [1.54, 1.807) is 49.4 Å². The van der Waals surface area contributed by atoms with Crippen molar-refractivity contribution in [2.75, 3.05) is 12.0 Å². The lowest BCUT2D eigenvalue weighted by Crippen LogP contribution is -2.54. The van der Waals surface area contributed by atoms with Gasteiger partial charge in [-0.25, -0.2) is 9.69 Å². The van der Waals surface area contributed by atoms with Crippen molar-refractivity contribution in [3.63, 3.8) is 0 Å². The third-order valence-electron chi connectivity index (χ3n) is 5.49. The van der Waals surface area contributed by atoms with E-state index in [0.29, 0.717) is 39.0 Å². The zero-order chi connectivity index (χ0) is 24.4. The lowest BCUT2D eigenvalue weighted by atomic mass is 10.00. The number of methoxy groups -OCH3 is 1. The number of nitrogens with zero attached hydrogens (tertiary/aromatic N) is 1. The Morgan fingerprint density at radius 2 is 1.68 bits per heavy atom. The Balaban J connectivity index is 1.73. The number of hydrogen-bond donors (Lipinski definition) is 1. The van der Waals surface area contributed by atoms with Crippen LogP contribution in [0.5, 0.6) is 5.75 Å². The summed E-state index contributed by atoms with van der Waals surface area (Å²) >= 11 is 12.9. The van der Waals surface area contributed by atoms with Gasteiger partial charge in [0.05, 0.1) is 12.8 Å². The van der Waals surface area contributed by atoms with Gasteiger partial charge in [0.2, 0.25) is 0 Å². The lowest BCUT2D eigenvalue weighted by Gasteiger charge is -2.27. The Kier molecular flexibility index (Phi) is 6.72. The van der Waals surface area contributed by atoms with E-state index in [1.165, 1.54) is 13.2 Å². The van der Waals surface area contributed by atoms with Crippen molar-refractivity contribution < 1.29 is 19.1 Å². The first kappa shape index (κ1) is 23.5. The molecule has 0 unspecified atom stereocenters. The largest absolute Gasteiger partial charge is 0.496 e. The number of rotatable bonds is 5. The van der Waals surface area contributed by atoms with E-state index < -0.39 is 17.8 Å². The van der Waals surface area contributed by atoms with Gasteiger partial charge in [-0.05, 0) is 54.0 Å². The van der Waals surface area contributed by atoms with Gasteiger partial charge in [0.1, 0.15) is 11.3 Å². The van der Waals surface area contributed by atoms with Crippen molar-refractivity contribution in [3.8, 4) is 5.75 Å². The van der Waals surface area contributed by atoms with Crippen LogP contribution in [-0.2, 0) is 16.0 Å². The van der Waals surface area contributed by atoms with Gasteiger partial charge in [0.15, 0.2) is 0 Å². The van der Waals surface area contributed by atoms with Crippen LogP contribution in [0.25, 0.3) is 6.08 Å². The van der Waals surface area contributed by atoms with Crippen LogP contribution in [0, 0.1) is 6.92 Å². The van der Waals surface area contributed by atoms with Crippen molar-refractivity contribution in [1.29, 1.82) is 0 Å². The van der Waals surface area contributed by atoms with Crippen molar-refractivity contribution >= 4 is 52.8 Å².